The molecule has 0 saturated carbocycles. The van der Waals surface area contributed by atoms with Crippen molar-refractivity contribution in [2.24, 2.45) is 11.8 Å². The molecule has 1 N–H and O–H groups in total. The summed E-state index contributed by atoms with van der Waals surface area (Å²) in [4.78, 5) is 29.2. The molecule has 2 aromatic rings. The van der Waals surface area contributed by atoms with Gasteiger partial charge in [0.25, 0.3) is 0 Å². The number of aromatic nitrogens is 2. The maximum Gasteiger partial charge on any atom is 0.227 e. The molecule has 35 heavy (non-hydrogen) atoms. The number of benzene rings is 1. The molecule has 4 aliphatic heterocycles. The smallest absolute Gasteiger partial charge is 0.227 e. The lowest BCUT2D eigenvalue weighted by atomic mass is 9.88. The van der Waals surface area contributed by atoms with E-state index in [1.54, 1.807) is 4.90 Å². The number of hydrogen-bond acceptors (Lipinski definition) is 7. The number of fused-ring (bicyclic) bond motifs is 3. The van der Waals surface area contributed by atoms with Gasteiger partial charge in [-0.05, 0) is 42.5 Å². The summed E-state index contributed by atoms with van der Waals surface area (Å²) in [5, 5.41) is 3.55. The molecular formula is C26H32N6O2S. The van der Waals surface area contributed by atoms with Gasteiger partial charge in [-0.15, -0.1) is 0 Å². The third-order valence-corrected chi connectivity index (χ3v) is 10.1. The molecule has 1 aliphatic carbocycles. The van der Waals surface area contributed by atoms with Crippen molar-refractivity contribution in [1.29, 1.82) is 0 Å². The molecule has 5 heterocycles. The summed E-state index contributed by atoms with van der Waals surface area (Å²) in [6, 6.07) is 7.13. The van der Waals surface area contributed by atoms with Gasteiger partial charge in [0.1, 0.15) is 10.7 Å². The number of likely N-dealkylation sites (tertiary alicyclic amines) is 1. The van der Waals surface area contributed by atoms with Gasteiger partial charge in [-0.1, -0.05) is 6.07 Å². The number of nitrogens with one attached hydrogen (secondary N) is 1. The molecular weight excluding hydrogens is 460 g/mol. The van der Waals surface area contributed by atoms with Crippen LogP contribution < -0.4 is 15.1 Å². The number of anilines is 3. The highest BCUT2D eigenvalue weighted by molar-refractivity contribution is 7.85. The average Bonchev–Trinajstić information content (AvgIpc) is 3.51. The molecule has 5 aliphatic rings. The molecule has 0 radical (unpaired) electrons. The number of piperidine rings is 1. The summed E-state index contributed by atoms with van der Waals surface area (Å²) < 4.78 is 12.8. The summed E-state index contributed by atoms with van der Waals surface area (Å²) in [7, 11) is 0.783. The van der Waals surface area contributed by atoms with Crippen molar-refractivity contribution in [3.8, 4) is 0 Å². The van der Waals surface area contributed by atoms with E-state index in [4.69, 9.17) is 9.97 Å². The van der Waals surface area contributed by atoms with Crippen molar-refractivity contribution >= 4 is 34.2 Å². The van der Waals surface area contributed by atoms with Crippen LogP contribution in [-0.4, -0.2) is 76.6 Å². The first-order valence-corrected chi connectivity index (χ1v) is 14.2. The first kappa shape index (κ1) is 21.6. The largest absolute Gasteiger partial charge is 0.371 e. The van der Waals surface area contributed by atoms with E-state index < -0.39 is 10.8 Å². The Morgan fingerprint density at radius 1 is 0.943 bits per heavy atom. The molecule has 184 valence electrons. The van der Waals surface area contributed by atoms with Gasteiger partial charge >= 0.3 is 0 Å². The van der Waals surface area contributed by atoms with Crippen LogP contribution in [0.15, 0.2) is 23.1 Å². The van der Waals surface area contributed by atoms with Gasteiger partial charge in [-0.3, -0.25) is 9.00 Å². The number of amides is 1. The highest BCUT2D eigenvalue weighted by Crippen LogP contribution is 2.38. The molecule has 0 spiro atoms. The maximum atomic E-state index is 12.8. The Bertz CT molecular complexity index is 1220. The second kappa shape index (κ2) is 8.18. The summed E-state index contributed by atoms with van der Waals surface area (Å²) in [5.74, 6) is 3.51. The standard InChI is InChI=1S/C26H32N6O2S/c1-30-15-20(5-7-23(30)33)27-25-24-22(8-9-35(24)34)28-26(29-25)32-13-18-11-31(12-19(18)14-32)21-6-4-16-2-3-17(16)10-21/h4,6,10,18-20H,2-3,5,7-9,11-15H2,1H3,(H,27,28,29)/t18-,19+,20-,35-/m1/s1. The lowest BCUT2D eigenvalue weighted by Gasteiger charge is -2.31. The van der Waals surface area contributed by atoms with Crippen LogP contribution in [0.25, 0.3) is 0 Å². The topological polar surface area (TPSA) is 81.7 Å². The molecule has 4 atom stereocenters. The van der Waals surface area contributed by atoms with Gasteiger partial charge < -0.3 is 20.0 Å². The first-order valence-electron chi connectivity index (χ1n) is 12.9. The predicted octanol–water partition coefficient (Wildman–Crippen LogP) is 1.84. The lowest BCUT2D eigenvalue weighted by Crippen LogP contribution is -2.43. The fourth-order valence-electron chi connectivity index (χ4n) is 6.49. The average molecular weight is 493 g/mol. The van der Waals surface area contributed by atoms with Crippen LogP contribution in [0.3, 0.4) is 0 Å². The predicted molar refractivity (Wildman–Crippen MR) is 137 cm³/mol. The fraction of sp³-hybridized carbons (Fsp3) is 0.577. The summed E-state index contributed by atoms with van der Waals surface area (Å²) >= 11 is 0. The Balaban J connectivity index is 1.09. The van der Waals surface area contributed by atoms with Crippen LogP contribution in [0.4, 0.5) is 17.5 Å². The van der Waals surface area contributed by atoms with Crippen LogP contribution >= 0.6 is 0 Å². The van der Waals surface area contributed by atoms with Crippen LogP contribution in [0.2, 0.25) is 0 Å². The van der Waals surface area contributed by atoms with E-state index in [1.807, 2.05) is 7.05 Å². The van der Waals surface area contributed by atoms with Gasteiger partial charge in [0.2, 0.25) is 11.9 Å². The Morgan fingerprint density at radius 2 is 1.71 bits per heavy atom. The summed E-state index contributed by atoms with van der Waals surface area (Å²) in [5.41, 5.74) is 5.35. The molecule has 7 rings (SSSR count). The highest BCUT2D eigenvalue weighted by Gasteiger charge is 2.42. The van der Waals surface area contributed by atoms with Gasteiger partial charge in [0.15, 0.2) is 0 Å². The minimum Gasteiger partial charge on any atom is -0.371 e. The maximum absolute atomic E-state index is 12.8. The van der Waals surface area contributed by atoms with Crippen molar-refractivity contribution in [3.63, 3.8) is 0 Å². The molecule has 1 aromatic heterocycles. The van der Waals surface area contributed by atoms with Crippen molar-refractivity contribution in [2.45, 2.75) is 43.0 Å². The van der Waals surface area contributed by atoms with Crippen LogP contribution in [0.1, 0.15) is 29.7 Å². The number of aryl methyl sites for hydroxylation is 3. The number of hydrogen-bond donors (Lipinski definition) is 1. The number of nitrogens with zero attached hydrogens (tertiary/aromatic N) is 5. The quantitative estimate of drug-likeness (QED) is 0.698. The third-order valence-electron chi connectivity index (χ3n) is 8.63. The van der Waals surface area contributed by atoms with E-state index in [-0.39, 0.29) is 11.9 Å². The minimum atomic E-state index is -1.06. The van der Waals surface area contributed by atoms with Crippen LogP contribution in [-0.2, 0) is 34.9 Å². The van der Waals surface area contributed by atoms with E-state index in [0.29, 0.717) is 36.4 Å². The molecule has 3 fully saturated rings. The van der Waals surface area contributed by atoms with E-state index in [0.717, 1.165) is 55.6 Å². The van der Waals surface area contributed by atoms with Crippen LogP contribution in [0.5, 0.6) is 0 Å². The number of carbonyl (C=O) groups is 1. The molecule has 3 saturated heterocycles. The zero-order chi connectivity index (χ0) is 23.7. The van der Waals surface area contributed by atoms with Crippen LogP contribution in [0, 0.1) is 11.8 Å². The second-order valence-electron chi connectivity index (χ2n) is 10.9. The highest BCUT2D eigenvalue weighted by atomic mass is 32.2. The fourth-order valence-corrected chi connectivity index (χ4v) is 7.81. The van der Waals surface area contributed by atoms with E-state index in [9.17, 15) is 9.00 Å². The molecule has 8 nitrogen and oxygen atoms in total. The Morgan fingerprint density at radius 3 is 2.43 bits per heavy atom. The Labute approximate surface area is 208 Å². The molecule has 9 heteroatoms. The van der Waals surface area contributed by atoms with Crippen molar-refractivity contribution in [2.75, 3.05) is 60.6 Å². The lowest BCUT2D eigenvalue weighted by molar-refractivity contribution is -0.132. The number of rotatable bonds is 4. The molecule has 1 amide bonds. The van der Waals surface area contributed by atoms with Crippen molar-refractivity contribution in [3.05, 3.63) is 35.0 Å². The molecule has 1 aromatic carbocycles. The Kier molecular flexibility index (Phi) is 5.05. The van der Waals surface area contributed by atoms with Gasteiger partial charge in [-0.25, -0.2) is 4.98 Å². The zero-order valence-electron chi connectivity index (χ0n) is 20.2. The number of likely N-dealkylation sites (N-methyl/N-ethyl adjacent to an activating group) is 1. The van der Waals surface area contributed by atoms with E-state index in [1.165, 1.54) is 29.7 Å². The van der Waals surface area contributed by atoms with Gasteiger partial charge in [-0.2, -0.15) is 4.98 Å². The normalized spacial score (nSPS) is 29.2. The number of carbonyl (C=O) groups excluding carboxylic acids is 1. The van der Waals surface area contributed by atoms with Crippen molar-refractivity contribution < 1.29 is 9.00 Å². The van der Waals surface area contributed by atoms with Gasteiger partial charge in [0.05, 0.1) is 16.5 Å². The SMILES string of the molecule is CN1C[C@H](Nc2nc(N3C[C@H]4CN(c5ccc6c(c5)CC6)C[C@H]4C3)nc3c2[S@](=O)CC3)CCC1=O. The Hall–Kier alpha value is -2.68. The summed E-state index contributed by atoms with van der Waals surface area (Å²) in [6.45, 7) is 4.75. The third kappa shape index (κ3) is 3.70. The zero-order valence-corrected chi connectivity index (χ0v) is 21.0. The molecule has 0 bridgehead atoms. The van der Waals surface area contributed by atoms with E-state index >= 15 is 0 Å². The first-order chi connectivity index (χ1) is 17.0. The second-order valence-corrected chi connectivity index (χ2v) is 12.4. The minimum absolute atomic E-state index is 0.122. The van der Waals surface area contributed by atoms with E-state index in [2.05, 4.69) is 33.3 Å². The van der Waals surface area contributed by atoms with Gasteiger partial charge in [0, 0.05) is 81.9 Å². The summed E-state index contributed by atoms with van der Waals surface area (Å²) in [6.07, 6.45) is 4.50. The van der Waals surface area contributed by atoms with Crippen molar-refractivity contribution in [1.82, 2.24) is 14.9 Å². The molecule has 0 unspecified atom stereocenters. The monoisotopic (exact) mass is 492 g/mol.